The third kappa shape index (κ3) is 2.32. The highest BCUT2D eigenvalue weighted by atomic mass is 32.2. The van der Waals surface area contributed by atoms with E-state index in [4.69, 9.17) is 5.26 Å². The van der Waals surface area contributed by atoms with E-state index in [1.807, 2.05) is 0 Å². The van der Waals surface area contributed by atoms with E-state index in [9.17, 15) is 18.3 Å². The van der Waals surface area contributed by atoms with Crippen molar-refractivity contribution in [3.05, 3.63) is 41.3 Å². The van der Waals surface area contributed by atoms with Gasteiger partial charge in [-0.15, -0.1) is 0 Å². The normalized spacial score (nSPS) is 17.4. The number of nitriles is 1. The summed E-state index contributed by atoms with van der Waals surface area (Å²) in [6.07, 6.45) is 2.90. The van der Waals surface area contributed by atoms with Gasteiger partial charge in [-0.05, 0) is 30.5 Å². The summed E-state index contributed by atoms with van der Waals surface area (Å²) in [4.78, 5) is 11.4. The van der Waals surface area contributed by atoms with E-state index in [0.717, 1.165) is 17.9 Å². The highest BCUT2D eigenvalue weighted by molar-refractivity contribution is 7.94. The third-order valence-corrected chi connectivity index (χ3v) is 5.10. The molecule has 5 nitrogen and oxygen atoms in total. The largest absolute Gasteiger partial charge is 0.481 e. The molecule has 6 heteroatoms. The first-order valence-electron chi connectivity index (χ1n) is 6.07. The molecule has 0 unspecified atom stereocenters. The van der Waals surface area contributed by atoms with Crippen molar-refractivity contribution in [2.45, 2.75) is 29.6 Å². The molecule has 1 saturated carbocycles. The summed E-state index contributed by atoms with van der Waals surface area (Å²) < 4.78 is 23.6. The molecule has 0 aromatic heterocycles. The molecule has 0 saturated heterocycles. The Balaban J connectivity index is 2.35. The number of carbonyl (C=O) groups is 1. The van der Waals surface area contributed by atoms with Crippen molar-refractivity contribution in [3.63, 3.8) is 0 Å². The lowest BCUT2D eigenvalue weighted by atomic mass is 9.64. The first kappa shape index (κ1) is 14.3. The van der Waals surface area contributed by atoms with E-state index in [0.29, 0.717) is 18.4 Å². The van der Waals surface area contributed by atoms with E-state index in [1.54, 1.807) is 18.2 Å². The van der Waals surface area contributed by atoms with Crippen molar-refractivity contribution in [1.29, 1.82) is 5.26 Å². The maximum absolute atomic E-state index is 11.8. The molecule has 0 spiro atoms. The molecule has 0 amide bonds. The van der Waals surface area contributed by atoms with Crippen LogP contribution in [0.15, 0.2) is 40.6 Å². The number of benzene rings is 1. The van der Waals surface area contributed by atoms with Crippen LogP contribution in [0.2, 0.25) is 0 Å². The standard InChI is InChI=1S/C14H13NO4S/c15-9-2-10-20(18,19)12-5-3-11(4-6-12)14(13(16)17)7-1-8-14/h2-6,10H,1,7-8H2,(H,16,17). The van der Waals surface area contributed by atoms with Gasteiger partial charge < -0.3 is 5.11 Å². The molecule has 0 heterocycles. The van der Waals surface area contributed by atoms with Crippen LogP contribution in [-0.4, -0.2) is 19.5 Å². The number of allylic oxidation sites excluding steroid dienone is 1. The van der Waals surface area contributed by atoms with Crippen LogP contribution in [0.1, 0.15) is 24.8 Å². The first-order chi connectivity index (χ1) is 9.42. The Morgan fingerprint density at radius 2 is 1.90 bits per heavy atom. The van der Waals surface area contributed by atoms with Gasteiger partial charge in [-0.1, -0.05) is 18.6 Å². The van der Waals surface area contributed by atoms with Crippen LogP contribution in [0, 0.1) is 11.3 Å². The number of hydrogen-bond donors (Lipinski definition) is 1. The minimum atomic E-state index is -3.64. The lowest BCUT2D eigenvalue weighted by molar-refractivity contribution is -0.147. The molecular weight excluding hydrogens is 278 g/mol. The van der Waals surface area contributed by atoms with Gasteiger partial charge in [0.1, 0.15) is 0 Å². The van der Waals surface area contributed by atoms with E-state index < -0.39 is 21.2 Å². The molecule has 1 aromatic carbocycles. The topological polar surface area (TPSA) is 95.2 Å². The number of nitrogens with zero attached hydrogens (tertiary/aromatic N) is 1. The zero-order valence-corrected chi connectivity index (χ0v) is 11.4. The Bertz CT molecular complexity index is 692. The van der Waals surface area contributed by atoms with Gasteiger partial charge in [-0.25, -0.2) is 8.42 Å². The highest BCUT2D eigenvalue weighted by Gasteiger charge is 2.45. The molecule has 2 rings (SSSR count). The number of carboxylic acids is 1. The maximum Gasteiger partial charge on any atom is 0.314 e. The molecule has 0 radical (unpaired) electrons. The van der Waals surface area contributed by atoms with Crippen molar-refractivity contribution in [2.24, 2.45) is 0 Å². The SMILES string of the molecule is N#CC=CS(=O)(=O)c1ccc(C2(C(=O)O)CCC2)cc1. The van der Waals surface area contributed by atoms with E-state index >= 15 is 0 Å². The fourth-order valence-electron chi connectivity index (χ4n) is 2.32. The van der Waals surface area contributed by atoms with Gasteiger partial charge in [0.2, 0.25) is 9.84 Å². The predicted molar refractivity (Wildman–Crippen MR) is 71.5 cm³/mol. The first-order valence-corrected chi connectivity index (χ1v) is 7.62. The predicted octanol–water partition coefficient (Wildman–Crippen LogP) is 2.00. The molecule has 104 valence electrons. The van der Waals surface area contributed by atoms with Gasteiger partial charge >= 0.3 is 5.97 Å². The fourth-order valence-corrected chi connectivity index (χ4v) is 3.23. The van der Waals surface area contributed by atoms with Gasteiger partial charge in [0, 0.05) is 11.5 Å². The van der Waals surface area contributed by atoms with Gasteiger partial charge in [0.15, 0.2) is 0 Å². The highest BCUT2D eigenvalue weighted by Crippen LogP contribution is 2.44. The lowest BCUT2D eigenvalue weighted by Crippen LogP contribution is -2.42. The van der Waals surface area contributed by atoms with Crippen molar-refractivity contribution in [3.8, 4) is 6.07 Å². The summed E-state index contributed by atoms with van der Waals surface area (Å²) >= 11 is 0. The van der Waals surface area contributed by atoms with Crippen LogP contribution >= 0.6 is 0 Å². The van der Waals surface area contributed by atoms with Gasteiger partial charge in [-0.2, -0.15) is 5.26 Å². The summed E-state index contributed by atoms with van der Waals surface area (Å²) in [6.45, 7) is 0. The summed E-state index contributed by atoms with van der Waals surface area (Å²) in [7, 11) is -3.64. The van der Waals surface area contributed by atoms with Crippen LogP contribution in [-0.2, 0) is 20.0 Å². The molecule has 1 fully saturated rings. The van der Waals surface area contributed by atoms with Crippen LogP contribution in [0.4, 0.5) is 0 Å². The number of carboxylic acid groups (broad SMARTS) is 1. The second-order valence-corrected chi connectivity index (χ2v) is 6.58. The molecule has 20 heavy (non-hydrogen) atoms. The average molecular weight is 291 g/mol. The average Bonchev–Trinajstić information content (AvgIpc) is 2.35. The smallest absolute Gasteiger partial charge is 0.314 e. The van der Waals surface area contributed by atoms with E-state index in [1.165, 1.54) is 12.1 Å². The Morgan fingerprint density at radius 3 is 2.30 bits per heavy atom. The minimum absolute atomic E-state index is 0.0487. The second-order valence-electron chi connectivity index (χ2n) is 4.74. The molecule has 1 N–H and O–H groups in total. The molecule has 1 aromatic rings. The summed E-state index contributed by atoms with van der Waals surface area (Å²) in [5.41, 5.74) is -0.246. The quantitative estimate of drug-likeness (QED) is 0.856. The lowest BCUT2D eigenvalue weighted by Gasteiger charge is -2.38. The van der Waals surface area contributed by atoms with E-state index in [-0.39, 0.29) is 4.90 Å². The molecular formula is C14H13NO4S. The number of sulfone groups is 1. The Labute approximate surface area is 117 Å². The van der Waals surface area contributed by atoms with Crippen LogP contribution in [0.5, 0.6) is 0 Å². The molecule has 1 aliphatic rings. The fraction of sp³-hybridized carbons (Fsp3) is 0.286. The zero-order chi connectivity index (χ0) is 14.8. The second kappa shape index (κ2) is 5.10. The number of rotatable bonds is 4. The number of hydrogen-bond acceptors (Lipinski definition) is 4. The van der Waals surface area contributed by atoms with Gasteiger partial charge in [0.05, 0.1) is 16.4 Å². The Morgan fingerprint density at radius 1 is 1.30 bits per heavy atom. The van der Waals surface area contributed by atoms with Crippen LogP contribution in [0.25, 0.3) is 0 Å². The Kier molecular flexibility index (Phi) is 3.64. The molecule has 1 aliphatic carbocycles. The van der Waals surface area contributed by atoms with Crippen LogP contribution < -0.4 is 0 Å². The summed E-state index contributed by atoms with van der Waals surface area (Å²) in [5, 5.41) is 18.5. The van der Waals surface area contributed by atoms with Gasteiger partial charge in [0.25, 0.3) is 0 Å². The number of aliphatic carboxylic acids is 1. The molecule has 0 atom stereocenters. The van der Waals surface area contributed by atoms with Gasteiger partial charge in [-0.3, -0.25) is 4.79 Å². The Hall–Kier alpha value is -2.13. The van der Waals surface area contributed by atoms with Crippen molar-refractivity contribution >= 4 is 15.8 Å². The summed E-state index contributed by atoms with van der Waals surface area (Å²) in [6, 6.07) is 7.48. The monoisotopic (exact) mass is 291 g/mol. The van der Waals surface area contributed by atoms with Crippen molar-refractivity contribution in [1.82, 2.24) is 0 Å². The minimum Gasteiger partial charge on any atom is -0.481 e. The van der Waals surface area contributed by atoms with Crippen molar-refractivity contribution < 1.29 is 18.3 Å². The third-order valence-electron chi connectivity index (χ3n) is 3.67. The molecule has 0 aliphatic heterocycles. The van der Waals surface area contributed by atoms with Crippen molar-refractivity contribution in [2.75, 3.05) is 0 Å². The maximum atomic E-state index is 11.8. The summed E-state index contributed by atoms with van der Waals surface area (Å²) in [5.74, 6) is -0.872. The molecule has 0 bridgehead atoms. The van der Waals surface area contributed by atoms with Crippen LogP contribution in [0.3, 0.4) is 0 Å². The van der Waals surface area contributed by atoms with E-state index in [2.05, 4.69) is 0 Å². The zero-order valence-electron chi connectivity index (χ0n) is 10.6.